The van der Waals surface area contributed by atoms with Gasteiger partial charge in [-0.3, -0.25) is 9.59 Å². The van der Waals surface area contributed by atoms with E-state index in [0.29, 0.717) is 23.1 Å². The topological polar surface area (TPSA) is 75.6 Å². The highest BCUT2D eigenvalue weighted by Gasteiger charge is 2.52. The molecule has 5 rings (SSSR count). The van der Waals surface area contributed by atoms with E-state index in [1.807, 2.05) is 36.4 Å². The van der Waals surface area contributed by atoms with E-state index in [1.54, 1.807) is 18.2 Å². The maximum atomic E-state index is 13.3. The molecule has 3 aromatic carbocycles. The van der Waals surface area contributed by atoms with Crippen LogP contribution in [0.1, 0.15) is 64.7 Å². The molecule has 0 saturated heterocycles. The zero-order chi connectivity index (χ0) is 27.6. The third-order valence-electron chi connectivity index (χ3n) is 8.22. The Morgan fingerprint density at radius 3 is 2.21 bits per heavy atom. The van der Waals surface area contributed by atoms with Crippen LogP contribution in [0.4, 0.5) is 13.2 Å². The number of carboxylic acids is 1. The number of alkyl halides is 3. The van der Waals surface area contributed by atoms with E-state index in [1.165, 1.54) is 18.6 Å². The Labute approximate surface area is 225 Å². The summed E-state index contributed by atoms with van der Waals surface area (Å²) in [6.45, 7) is -0.110. The summed E-state index contributed by atoms with van der Waals surface area (Å²) >= 11 is 0. The summed E-state index contributed by atoms with van der Waals surface area (Å²) in [6.07, 6.45) is -0.104. The molecule has 0 spiro atoms. The Morgan fingerprint density at radius 2 is 1.62 bits per heavy atom. The van der Waals surface area contributed by atoms with Crippen molar-refractivity contribution in [2.45, 2.75) is 50.3 Å². The molecule has 3 aromatic rings. The molecule has 0 radical (unpaired) electrons. The minimum Gasteiger partial charge on any atom is -0.489 e. The van der Waals surface area contributed by atoms with Gasteiger partial charge in [0, 0.05) is 23.1 Å². The van der Waals surface area contributed by atoms with Crippen molar-refractivity contribution in [3.63, 3.8) is 0 Å². The Hall–Kier alpha value is -3.81. The van der Waals surface area contributed by atoms with Crippen LogP contribution in [-0.4, -0.2) is 23.5 Å². The van der Waals surface area contributed by atoms with Crippen molar-refractivity contribution in [3.8, 4) is 5.75 Å². The van der Waals surface area contributed by atoms with Gasteiger partial charge in [-0.1, -0.05) is 48.9 Å². The highest BCUT2D eigenvalue weighted by atomic mass is 19.4. The third-order valence-corrected chi connectivity index (χ3v) is 8.22. The van der Waals surface area contributed by atoms with Crippen LogP contribution in [-0.2, 0) is 23.0 Å². The first-order chi connectivity index (χ1) is 18.7. The molecular formula is C31H30F3NO4. The van der Waals surface area contributed by atoms with Gasteiger partial charge in [-0.15, -0.1) is 0 Å². The largest absolute Gasteiger partial charge is 0.489 e. The molecular weight excluding hydrogens is 507 g/mol. The molecule has 2 N–H and O–H groups in total. The van der Waals surface area contributed by atoms with E-state index in [4.69, 9.17) is 9.84 Å². The number of halogens is 3. The molecule has 204 valence electrons. The second-order valence-corrected chi connectivity index (χ2v) is 10.5. The van der Waals surface area contributed by atoms with Crippen molar-refractivity contribution >= 4 is 11.9 Å². The molecule has 0 aromatic heterocycles. The van der Waals surface area contributed by atoms with Crippen LogP contribution in [0.5, 0.6) is 5.75 Å². The van der Waals surface area contributed by atoms with Gasteiger partial charge < -0.3 is 15.2 Å². The third kappa shape index (κ3) is 5.51. The second kappa shape index (κ2) is 10.8. The predicted octanol–water partition coefficient (Wildman–Crippen LogP) is 6.60. The summed E-state index contributed by atoms with van der Waals surface area (Å²) in [5.41, 5.74) is 1.93. The number of hydrogen-bond acceptors (Lipinski definition) is 3. The van der Waals surface area contributed by atoms with Crippen molar-refractivity contribution < 1.29 is 32.6 Å². The highest BCUT2D eigenvalue weighted by Crippen LogP contribution is 2.60. The number of aliphatic carboxylic acids is 1. The number of carbonyl (C=O) groups is 2. The number of ether oxygens (including phenoxy) is 1. The van der Waals surface area contributed by atoms with E-state index < -0.39 is 17.7 Å². The number of nitrogens with one attached hydrogen (secondary N) is 1. The van der Waals surface area contributed by atoms with E-state index in [0.717, 1.165) is 36.5 Å². The lowest BCUT2D eigenvalue weighted by Gasteiger charge is -2.39. The fourth-order valence-corrected chi connectivity index (χ4v) is 6.44. The lowest BCUT2D eigenvalue weighted by molar-refractivity contribution is -0.139. The first-order valence-electron chi connectivity index (χ1n) is 13.2. The molecule has 3 unspecified atom stereocenters. The fraction of sp³-hybridized carbons (Fsp3) is 0.355. The smallest absolute Gasteiger partial charge is 0.416 e. The van der Waals surface area contributed by atoms with Gasteiger partial charge >= 0.3 is 12.1 Å². The van der Waals surface area contributed by atoms with Crippen LogP contribution in [0, 0.1) is 11.8 Å². The molecule has 0 heterocycles. The minimum absolute atomic E-state index is 0.0693. The molecule has 2 aliphatic carbocycles. The monoisotopic (exact) mass is 537 g/mol. The van der Waals surface area contributed by atoms with Gasteiger partial charge in [0.15, 0.2) is 0 Å². The molecule has 2 saturated carbocycles. The van der Waals surface area contributed by atoms with Crippen LogP contribution in [0.25, 0.3) is 0 Å². The van der Waals surface area contributed by atoms with Gasteiger partial charge in [-0.2, -0.15) is 13.2 Å². The maximum Gasteiger partial charge on any atom is 0.416 e. The molecule has 5 nitrogen and oxygen atoms in total. The van der Waals surface area contributed by atoms with Gasteiger partial charge in [0.05, 0.1) is 12.0 Å². The summed E-state index contributed by atoms with van der Waals surface area (Å²) in [5, 5.41) is 11.4. The van der Waals surface area contributed by atoms with Gasteiger partial charge in [0.1, 0.15) is 12.4 Å². The second-order valence-electron chi connectivity index (χ2n) is 10.5. The van der Waals surface area contributed by atoms with Gasteiger partial charge in [-0.05, 0) is 72.6 Å². The molecule has 2 aliphatic rings. The first kappa shape index (κ1) is 26.8. The van der Waals surface area contributed by atoms with Crippen molar-refractivity contribution in [1.82, 2.24) is 5.32 Å². The molecule has 8 heteroatoms. The number of amides is 1. The number of carbonyl (C=O) groups excluding carboxylic acids is 1. The Kier molecular flexibility index (Phi) is 7.38. The Balaban J connectivity index is 1.34. The standard InChI is InChI=1S/C31H30F3NO4/c32-31(33,34)27-4-2-1-3-22(27)19-39-26-13-11-24(12-14-26)30(18-20-5-8-25(30)17-20)23-9-6-21(7-10-23)29(38)35-16-15-28(36)37/h1-4,6-7,9-14,20,25H,5,8,15-19H2,(H,35,38)(H,36,37). The summed E-state index contributed by atoms with van der Waals surface area (Å²) in [7, 11) is 0. The van der Waals surface area contributed by atoms with Crippen LogP contribution in [0.15, 0.2) is 72.8 Å². The van der Waals surface area contributed by atoms with Crippen molar-refractivity contribution in [2.75, 3.05) is 6.54 Å². The zero-order valence-corrected chi connectivity index (χ0v) is 21.3. The van der Waals surface area contributed by atoms with Crippen LogP contribution < -0.4 is 10.1 Å². The molecule has 0 aliphatic heterocycles. The van der Waals surface area contributed by atoms with E-state index in [-0.39, 0.29) is 36.5 Å². The number of benzene rings is 3. The van der Waals surface area contributed by atoms with Crippen molar-refractivity contribution in [2.24, 2.45) is 11.8 Å². The number of carboxylic acid groups (broad SMARTS) is 1. The zero-order valence-electron chi connectivity index (χ0n) is 21.3. The lowest BCUT2D eigenvalue weighted by atomic mass is 9.64. The Morgan fingerprint density at radius 1 is 0.949 bits per heavy atom. The SMILES string of the molecule is O=C(O)CCNC(=O)c1ccc(C2(c3ccc(OCc4ccccc4C(F)(F)F)cc3)CC3CCC2C3)cc1. The summed E-state index contributed by atoms with van der Waals surface area (Å²) in [4.78, 5) is 23.1. The molecule has 1 amide bonds. The van der Waals surface area contributed by atoms with Crippen molar-refractivity contribution in [1.29, 1.82) is 0 Å². The lowest BCUT2D eigenvalue weighted by Crippen LogP contribution is -2.34. The summed E-state index contributed by atoms with van der Waals surface area (Å²) in [5.74, 6) is 0.319. The van der Waals surface area contributed by atoms with E-state index in [2.05, 4.69) is 5.32 Å². The Bertz CT molecular complexity index is 1340. The normalized spacial score (nSPS) is 22.0. The van der Waals surface area contributed by atoms with E-state index >= 15 is 0 Å². The van der Waals surface area contributed by atoms with E-state index in [9.17, 15) is 22.8 Å². The average Bonchev–Trinajstić information content (AvgIpc) is 3.54. The summed E-state index contributed by atoms with van der Waals surface area (Å²) < 4.78 is 45.7. The average molecular weight is 538 g/mol. The predicted molar refractivity (Wildman–Crippen MR) is 139 cm³/mol. The molecule has 39 heavy (non-hydrogen) atoms. The van der Waals surface area contributed by atoms with Crippen molar-refractivity contribution in [3.05, 3.63) is 101 Å². The summed E-state index contributed by atoms with van der Waals surface area (Å²) in [6, 6.07) is 20.7. The number of rotatable bonds is 9. The number of fused-ring (bicyclic) bond motifs is 2. The van der Waals surface area contributed by atoms with Crippen LogP contribution >= 0.6 is 0 Å². The number of hydrogen-bond donors (Lipinski definition) is 2. The van der Waals surface area contributed by atoms with Gasteiger partial charge in [-0.25, -0.2) is 0 Å². The van der Waals surface area contributed by atoms with Crippen LogP contribution in [0.3, 0.4) is 0 Å². The van der Waals surface area contributed by atoms with Gasteiger partial charge in [0.25, 0.3) is 5.91 Å². The van der Waals surface area contributed by atoms with Gasteiger partial charge in [0.2, 0.25) is 0 Å². The fourth-order valence-electron chi connectivity index (χ4n) is 6.44. The minimum atomic E-state index is -4.44. The highest BCUT2D eigenvalue weighted by molar-refractivity contribution is 5.94. The molecule has 3 atom stereocenters. The van der Waals surface area contributed by atoms with Crippen LogP contribution in [0.2, 0.25) is 0 Å². The molecule has 2 bridgehead atoms. The maximum absolute atomic E-state index is 13.3. The molecule has 2 fully saturated rings. The quantitative estimate of drug-likeness (QED) is 0.323. The first-order valence-corrected chi connectivity index (χ1v) is 13.2.